The first-order valence-corrected chi connectivity index (χ1v) is 7.27. The Kier molecular flexibility index (Phi) is 3.90. The molecule has 20 heavy (non-hydrogen) atoms. The maximum atomic E-state index is 5.87. The molecule has 2 heterocycles. The van der Waals surface area contributed by atoms with Gasteiger partial charge in [0.05, 0.1) is 12.4 Å². The summed E-state index contributed by atoms with van der Waals surface area (Å²) in [7, 11) is 0. The van der Waals surface area contributed by atoms with Gasteiger partial charge in [-0.3, -0.25) is 4.98 Å². The van der Waals surface area contributed by atoms with E-state index >= 15 is 0 Å². The molecular weight excluding hydrogens is 292 g/mol. The van der Waals surface area contributed by atoms with Gasteiger partial charge < -0.3 is 5.32 Å². The molecule has 0 radical (unpaired) electrons. The van der Waals surface area contributed by atoms with Gasteiger partial charge in [-0.05, 0) is 5.56 Å². The third kappa shape index (κ3) is 2.95. The Hall–Kier alpha value is -1.98. The fourth-order valence-electron chi connectivity index (χ4n) is 1.87. The summed E-state index contributed by atoms with van der Waals surface area (Å²) >= 11 is 7.47. The van der Waals surface area contributed by atoms with E-state index in [1.807, 2.05) is 23.6 Å². The Morgan fingerprint density at radius 2 is 2.00 bits per heavy atom. The minimum atomic E-state index is -0.0658. The number of hydrogen-bond donors (Lipinski definition) is 1. The Labute approximate surface area is 125 Å². The molecule has 0 saturated heterocycles. The fraction of sp³-hybridized carbons (Fsp3) is 0.0714. The molecule has 1 unspecified atom stereocenters. The Morgan fingerprint density at radius 1 is 1.15 bits per heavy atom. The average molecular weight is 303 g/mol. The molecule has 0 spiro atoms. The van der Waals surface area contributed by atoms with Crippen molar-refractivity contribution in [2.75, 3.05) is 5.32 Å². The molecule has 6 heteroatoms. The number of rotatable bonds is 4. The zero-order valence-corrected chi connectivity index (χ0v) is 12.0. The van der Waals surface area contributed by atoms with E-state index in [2.05, 4.69) is 32.4 Å². The topological polar surface area (TPSA) is 50.7 Å². The number of aromatic nitrogens is 3. The molecule has 0 fully saturated rings. The van der Waals surface area contributed by atoms with Crippen molar-refractivity contribution in [3.8, 4) is 0 Å². The maximum Gasteiger partial charge on any atom is 0.149 e. The summed E-state index contributed by atoms with van der Waals surface area (Å²) in [6.45, 7) is 0. The first kappa shape index (κ1) is 13.0. The van der Waals surface area contributed by atoms with Gasteiger partial charge in [-0.15, -0.1) is 11.3 Å². The molecule has 0 aliphatic heterocycles. The summed E-state index contributed by atoms with van der Waals surface area (Å²) in [5, 5.41) is 6.62. The van der Waals surface area contributed by atoms with Gasteiger partial charge in [0.15, 0.2) is 0 Å². The Balaban J connectivity index is 1.95. The average Bonchev–Trinajstić information content (AvgIpc) is 3.00. The summed E-state index contributed by atoms with van der Waals surface area (Å²) in [5.74, 6) is 0.626. The number of hydrogen-bond acceptors (Lipinski definition) is 5. The van der Waals surface area contributed by atoms with E-state index in [0.717, 1.165) is 10.6 Å². The van der Waals surface area contributed by atoms with Crippen LogP contribution in [0.5, 0.6) is 0 Å². The molecule has 3 aromatic rings. The molecule has 1 aromatic carbocycles. The van der Waals surface area contributed by atoms with Gasteiger partial charge in [-0.1, -0.05) is 41.9 Å². The van der Waals surface area contributed by atoms with Crippen LogP contribution >= 0.6 is 22.9 Å². The van der Waals surface area contributed by atoms with Crippen LogP contribution in [0.4, 0.5) is 5.82 Å². The molecule has 1 atom stereocenters. The minimum Gasteiger partial charge on any atom is -0.355 e. The third-order valence-electron chi connectivity index (χ3n) is 2.73. The standard InChI is InChI=1S/C14H11ClN4S/c15-11-8-16-9-12(18-11)19-13(14-17-6-7-20-14)10-4-2-1-3-5-10/h1-9,13H,(H,18,19). The Morgan fingerprint density at radius 3 is 2.70 bits per heavy atom. The van der Waals surface area contributed by atoms with Crippen LogP contribution in [-0.4, -0.2) is 15.0 Å². The molecule has 3 rings (SSSR count). The van der Waals surface area contributed by atoms with E-state index in [1.165, 1.54) is 6.20 Å². The molecule has 0 amide bonds. The van der Waals surface area contributed by atoms with Crippen molar-refractivity contribution in [3.63, 3.8) is 0 Å². The van der Waals surface area contributed by atoms with Gasteiger partial charge in [-0.25, -0.2) is 9.97 Å². The molecule has 1 N–H and O–H groups in total. The van der Waals surface area contributed by atoms with Gasteiger partial charge >= 0.3 is 0 Å². The quantitative estimate of drug-likeness (QED) is 0.796. The lowest BCUT2D eigenvalue weighted by atomic mass is 10.1. The zero-order chi connectivity index (χ0) is 13.8. The van der Waals surface area contributed by atoms with Crippen molar-refractivity contribution in [1.82, 2.24) is 15.0 Å². The summed E-state index contributed by atoms with van der Waals surface area (Å²) in [6.07, 6.45) is 4.95. The second-order valence-electron chi connectivity index (χ2n) is 4.09. The first-order valence-electron chi connectivity index (χ1n) is 6.01. The highest BCUT2D eigenvalue weighted by atomic mass is 35.5. The van der Waals surface area contributed by atoms with Gasteiger partial charge in [0.2, 0.25) is 0 Å². The molecule has 2 aromatic heterocycles. The van der Waals surface area contributed by atoms with Crippen LogP contribution in [0.15, 0.2) is 54.3 Å². The van der Waals surface area contributed by atoms with E-state index in [9.17, 15) is 0 Å². The van der Waals surface area contributed by atoms with Crippen molar-refractivity contribution in [3.05, 3.63) is 70.0 Å². The molecule has 100 valence electrons. The molecule has 0 bridgehead atoms. The van der Waals surface area contributed by atoms with E-state index in [4.69, 9.17) is 11.6 Å². The van der Waals surface area contributed by atoms with E-state index < -0.39 is 0 Å². The van der Waals surface area contributed by atoms with Crippen LogP contribution in [0.2, 0.25) is 5.15 Å². The van der Waals surface area contributed by atoms with Gasteiger partial charge in [-0.2, -0.15) is 0 Å². The van der Waals surface area contributed by atoms with Crippen LogP contribution in [0, 0.1) is 0 Å². The summed E-state index contributed by atoms with van der Waals surface area (Å²) in [6, 6.07) is 10.0. The van der Waals surface area contributed by atoms with Crippen molar-refractivity contribution >= 4 is 28.8 Å². The zero-order valence-electron chi connectivity index (χ0n) is 10.4. The van der Waals surface area contributed by atoms with Gasteiger partial charge in [0.1, 0.15) is 22.0 Å². The molecule has 4 nitrogen and oxygen atoms in total. The van der Waals surface area contributed by atoms with Crippen LogP contribution in [0.1, 0.15) is 16.6 Å². The number of nitrogens with one attached hydrogen (secondary N) is 1. The summed E-state index contributed by atoms with van der Waals surface area (Å²) in [5.41, 5.74) is 1.12. The van der Waals surface area contributed by atoms with Crippen molar-refractivity contribution in [2.45, 2.75) is 6.04 Å². The first-order chi connectivity index (χ1) is 9.83. The number of nitrogens with zero attached hydrogens (tertiary/aromatic N) is 3. The number of anilines is 1. The van der Waals surface area contributed by atoms with Gasteiger partial charge in [0.25, 0.3) is 0 Å². The van der Waals surface area contributed by atoms with Crippen LogP contribution in [0.3, 0.4) is 0 Å². The largest absolute Gasteiger partial charge is 0.355 e. The highest BCUT2D eigenvalue weighted by Gasteiger charge is 2.17. The lowest BCUT2D eigenvalue weighted by molar-refractivity contribution is 0.906. The minimum absolute atomic E-state index is 0.0658. The highest BCUT2D eigenvalue weighted by Crippen LogP contribution is 2.27. The predicted molar refractivity (Wildman–Crippen MR) is 81.1 cm³/mol. The highest BCUT2D eigenvalue weighted by molar-refractivity contribution is 7.09. The molecule has 0 aliphatic rings. The summed E-state index contributed by atoms with van der Waals surface area (Å²) < 4.78 is 0. The fourth-order valence-corrected chi connectivity index (χ4v) is 2.73. The molecule has 0 saturated carbocycles. The van der Waals surface area contributed by atoms with Crippen LogP contribution < -0.4 is 5.32 Å². The normalized spacial score (nSPS) is 12.1. The van der Waals surface area contributed by atoms with Crippen LogP contribution in [-0.2, 0) is 0 Å². The Bertz CT molecular complexity index is 673. The number of benzene rings is 1. The lowest BCUT2D eigenvalue weighted by Crippen LogP contribution is -2.13. The van der Waals surface area contributed by atoms with E-state index in [-0.39, 0.29) is 6.04 Å². The SMILES string of the molecule is Clc1cncc(NC(c2ccccc2)c2nccs2)n1. The molecular formula is C14H11ClN4S. The summed E-state index contributed by atoms with van der Waals surface area (Å²) in [4.78, 5) is 12.6. The van der Waals surface area contributed by atoms with Crippen molar-refractivity contribution in [1.29, 1.82) is 0 Å². The predicted octanol–water partition coefficient (Wildman–Crippen LogP) is 3.79. The van der Waals surface area contributed by atoms with Crippen molar-refractivity contribution < 1.29 is 0 Å². The van der Waals surface area contributed by atoms with Crippen molar-refractivity contribution in [2.24, 2.45) is 0 Å². The molecule has 0 aliphatic carbocycles. The maximum absolute atomic E-state index is 5.87. The number of halogens is 1. The lowest BCUT2D eigenvalue weighted by Gasteiger charge is -2.17. The smallest absolute Gasteiger partial charge is 0.149 e. The van der Waals surface area contributed by atoms with E-state index in [1.54, 1.807) is 23.7 Å². The third-order valence-corrected chi connectivity index (χ3v) is 3.75. The van der Waals surface area contributed by atoms with E-state index in [0.29, 0.717) is 11.0 Å². The van der Waals surface area contributed by atoms with Crippen LogP contribution in [0.25, 0.3) is 0 Å². The number of thiazole rings is 1. The monoisotopic (exact) mass is 302 g/mol. The second-order valence-corrected chi connectivity index (χ2v) is 5.40. The van der Waals surface area contributed by atoms with Gasteiger partial charge in [0, 0.05) is 11.6 Å². The second kappa shape index (κ2) is 5.98.